The molecule has 1 unspecified atom stereocenters. The number of hydrogen-bond donors (Lipinski definition) is 2. The Bertz CT molecular complexity index is 672. The molecule has 0 radical (unpaired) electrons. The largest absolute Gasteiger partial charge is 0.374 e. The van der Waals surface area contributed by atoms with Gasteiger partial charge >= 0.3 is 0 Å². The standard InChI is InChI=1S/C20H26N2O/c1-13(2)18-8-6-7-9-19(18)22-20(23)16(5)21-17-11-14(3)10-15(4)12-17/h6-13,16,21H,1-5H3,(H,22,23). The number of hydrogen-bond acceptors (Lipinski definition) is 2. The van der Waals surface area contributed by atoms with Gasteiger partial charge in [-0.25, -0.2) is 0 Å². The van der Waals surface area contributed by atoms with Crippen LogP contribution in [0.1, 0.15) is 43.4 Å². The highest BCUT2D eigenvalue weighted by atomic mass is 16.2. The van der Waals surface area contributed by atoms with E-state index in [0.717, 1.165) is 16.9 Å². The summed E-state index contributed by atoms with van der Waals surface area (Å²) in [4.78, 5) is 12.5. The average Bonchev–Trinajstić information content (AvgIpc) is 2.46. The molecule has 0 aliphatic heterocycles. The second-order valence-corrected chi connectivity index (χ2v) is 6.47. The van der Waals surface area contributed by atoms with Crippen molar-refractivity contribution in [1.29, 1.82) is 0 Å². The van der Waals surface area contributed by atoms with E-state index in [1.54, 1.807) is 0 Å². The highest BCUT2D eigenvalue weighted by Crippen LogP contribution is 2.24. The smallest absolute Gasteiger partial charge is 0.246 e. The molecule has 23 heavy (non-hydrogen) atoms. The fourth-order valence-corrected chi connectivity index (χ4v) is 2.73. The molecule has 0 spiro atoms. The number of anilines is 2. The van der Waals surface area contributed by atoms with Crippen LogP contribution < -0.4 is 10.6 Å². The van der Waals surface area contributed by atoms with E-state index in [1.807, 2.05) is 25.1 Å². The van der Waals surface area contributed by atoms with Gasteiger partial charge in [0.05, 0.1) is 0 Å². The van der Waals surface area contributed by atoms with Crippen LogP contribution in [-0.4, -0.2) is 11.9 Å². The number of para-hydroxylation sites is 1. The summed E-state index contributed by atoms with van der Waals surface area (Å²) in [5.41, 5.74) is 5.39. The predicted octanol–water partition coefficient (Wildman–Crippen LogP) is 4.87. The minimum Gasteiger partial charge on any atom is -0.374 e. The highest BCUT2D eigenvalue weighted by Gasteiger charge is 2.15. The van der Waals surface area contributed by atoms with Crippen molar-refractivity contribution in [1.82, 2.24) is 0 Å². The maximum absolute atomic E-state index is 12.5. The molecular weight excluding hydrogens is 284 g/mol. The molecule has 122 valence electrons. The molecule has 2 aromatic rings. The molecule has 2 aromatic carbocycles. The lowest BCUT2D eigenvalue weighted by Crippen LogP contribution is -2.32. The summed E-state index contributed by atoms with van der Waals surface area (Å²) < 4.78 is 0. The Morgan fingerprint density at radius 1 is 0.957 bits per heavy atom. The van der Waals surface area contributed by atoms with Crippen LogP contribution in [0.4, 0.5) is 11.4 Å². The lowest BCUT2D eigenvalue weighted by atomic mass is 10.0. The van der Waals surface area contributed by atoms with Crippen LogP contribution in [0.15, 0.2) is 42.5 Å². The molecule has 0 heterocycles. The first-order valence-electron chi connectivity index (χ1n) is 8.11. The summed E-state index contributed by atoms with van der Waals surface area (Å²) in [7, 11) is 0. The summed E-state index contributed by atoms with van der Waals surface area (Å²) in [6.07, 6.45) is 0. The Labute approximate surface area is 139 Å². The third-order valence-corrected chi connectivity index (χ3v) is 3.84. The molecule has 0 aliphatic rings. The van der Waals surface area contributed by atoms with Gasteiger partial charge in [-0.3, -0.25) is 4.79 Å². The van der Waals surface area contributed by atoms with Crippen LogP contribution in [0.25, 0.3) is 0 Å². The van der Waals surface area contributed by atoms with E-state index in [-0.39, 0.29) is 11.9 Å². The summed E-state index contributed by atoms with van der Waals surface area (Å²) in [5, 5.41) is 6.32. The average molecular weight is 310 g/mol. The van der Waals surface area contributed by atoms with Crippen molar-refractivity contribution in [3.8, 4) is 0 Å². The number of rotatable bonds is 5. The maximum Gasteiger partial charge on any atom is 0.246 e. The molecule has 0 aliphatic carbocycles. The minimum atomic E-state index is -0.309. The van der Waals surface area contributed by atoms with Gasteiger partial charge in [-0.2, -0.15) is 0 Å². The first kappa shape index (κ1) is 17.1. The summed E-state index contributed by atoms with van der Waals surface area (Å²) >= 11 is 0. The first-order valence-corrected chi connectivity index (χ1v) is 8.11. The van der Waals surface area contributed by atoms with E-state index in [4.69, 9.17) is 0 Å². The van der Waals surface area contributed by atoms with E-state index >= 15 is 0 Å². The summed E-state index contributed by atoms with van der Waals surface area (Å²) in [6.45, 7) is 10.2. The third-order valence-electron chi connectivity index (χ3n) is 3.84. The molecule has 3 nitrogen and oxygen atoms in total. The van der Waals surface area contributed by atoms with E-state index in [9.17, 15) is 4.79 Å². The zero-order valence-corrected chi connectivity index (χ0v) is 14.6. The lowest BCUT2D eigenvalue weighted by Gasteiger charge is -2.18. The Hall–Kier alpha value is -2.29. The van der Waals surface area contributed by atoms with Crippen LogP contribution in [0.2, 0.25) is 0 Å². The molecule has 0 fully saturated rings. The normalized spacial score (nSPS) is 12.1. The van der Waals surface area contributed by atoms with Gasteiger partial charge in [-0.05, 0) is 61.6 Å². The van der Waals surface area contributed by atoms with Crippen LogP contribution in [0, 0.1) is 13.8 Å². The first-order chi connectivity index (χ1) is 10.9. The second kappa shape index (κ2) is 7.32. The maximum atomic E-state index is 12.5. The Kier molecular flexibility index (Phi) is 5.43. The van der Waals surface area contributed by atoms with Gasteiger partial charge in [-0.15, -0.1) is 0 Å². The molecule has 0 bridgehead atoms. The van der Waals surface area contributed by atoms with Crippen LogP contribution >= 0.6 is 0 Å². The Balaban J connectivity index is 2.08. The van der Waals surface area contributed by atoms with Gasteiger partial charge in [0, 0.05) is 11.4 Å². The molecule has 0 saturated carbocycles. The topological polar surface area (TPSA) is 41.1 Å². The third kappa shape index (κ3) is 4.59. The van der Waals surface area contributed by atoms with E-state index in [1.165, 1.54) is 11.1 Å². The van der Waals surface area contributed by atoms with Crippen molar-refractivity contribution >= 4 is 17.3 Å². The van der Waals surface area contributed by atoms with Crippen LogP contribution in [0.5, 0.6) is 0 Å². The molecule has 0 aromatic heterocycles. The van der Waals surface area contributed by atoms with Gasteiger partial charge < -0.3 is 10.6 Å². The van der Waals surface area contributed by atoms with E-state index in [2.05, 4.69) is 62.6 Å². The number of nitrogens with one attached hydrogen (secondary N) is 2. The predicted molar refractivity (Wildman–Crippen MR) is 98.2 cm³/mol. The number of carbonyl (C=O) groups excluding carboxylic acids is 1. The van der Waals surface area contributed by atoms with Gasteiger partial charge in [0.15, 0.2) is 0 Å². The van der Waals surface area contributed by atoms with Crippen molar-refractivity contribution in [2.75, 3.05) is 10.6 Å². The molecule has 3 heteroatoms. The molecule has 1 atom stereocenters. The van der Waals surface area contributed by atoms with Crippen LogP contribution in [0.3, 0.4) is 0 Å². The monoisotopic (exact) mass is 310 g/mol. The van der Waals surface area contributed by atoms with Crippen molar-refractivity contribution in [3.05, 3.63) is 59.2 Å². The SMILES string of the molecule is Cc1cc(C)cc(NC(C)C(=O)Nc2ccccc2C(C)C)c1. The number of carbonyl (C=O) groups is 1. The van der Waals surface area contributed by atoms with Gasteiger partial charge in [0.25, 0.3) is 0 Å². The van der Waals surface area contributed by atoms with Crippen LogP contribution in [-0.2, 0) is 4.79 Å². The molecular formula is C20H26N2O. The number of amides is 1. The molecule has 0 saturated heterocycles. The lowest BCUT2D eigenvalue weighted by molar-refractivity contribution is -0.116. The van der Waals surface area contributed by atoms with Gasteiger partial charge in [0.2, 0.25) is 5.91 Å². The molecule has 2 N–H and O–H groups in total. The van der Waals surface area contributed by atoms with Gasteiger partial charge in [0.1, 0.15) is 6.04 Å². The van der Waals surface area contributed by atoms with Crippen molar-refractivity contribution in [2.45, 2.75) is 46.6 Å². The minimum absolute atomic E-state index is 0.0303. The summed E-state index contributed by atoms with van der Waals surface area (Å²) in [6, 6.07) is 13.9. The fourth-order valence-electron chi connectivity index (χ4n) is 2.73. The van der Waals surface area contributed by atoms with Crippen molar-refractivity contribution in [3.63, 3.8) is 0 Å². The Morgan fingerprint density at radius 3 is 2.17 bits per heavy atom. The van der Waals surface area contributed by atoms with Gasteiger partial charge in [-0.1, -0.05) is 38.1 Å². The zero-order valence-electron chi connectivity index (χ0n) is 14.6. The highest BCUT2D eigenvalue weighted by molar-refractivity contribution is 5.96. The molecule has 1 amide bonds. The quantitative estimate of drug-likeness (QED) is 0.827. The fraction of sp³-hybridized carbons (Fsp3) is 0.350. The molecule has 2 rings (SSSR count). The van der Waals surface area contributed by atoms with E-state index in [0.29, 0.717) is 5.92 Å². The van der Waals surface area contributed by atoms with E-state index < -0.39 is 0 Å². The number of benzene rings is 2. The van der Waals surface area contributed by atoms with Crippen molar-refractivity contribution < 1.29 is 4.79 Å². The Morgan fingerprint density at radius 2 is 1.57 bits per heavy atom. The second-order valence-electron chi connectivity index (χ2n) is 6.47. The summed E-state index contributed by atoms with van der Waals surface area (Å²) in [5.74, 6) is 0.339. The zero-order chi connectivity index (χ0) is 17.0. The number of aryl methyl sites for hydroxylation is 2. The van der Waals surface area contributed by atoms with Crippen molar-refractivity contribution in [2.24, 2.45) is 0 Å².